The van der Waals surface area contributed by atoms with Crippen LogP contribution >= 0.6 is 0 Å². The number of sulfonamides is 1. The quantitative estimate of drug-likeness (QED) is 0.578. The van der Waals surface area contributed by atoms with E-state index < -0.39 is 10.0 Å². The van der Waals surface area contributed by atoms with E-state index in [-0.39, 0.29) is 10.8 Å². The topological polar surface area (TPSA) is 93.7 Å². The summed E-state index contributed by atoms with van der Waals surface area (Å²) in [5.41, 5.74) is 0.310. The first-order valence-corrected chi connectivity index (χ1v) is 8.94. The number of carbonyl (C=O) groups excluding carboxylic acids is 1. The number of hydrogen-bond donors (Lipinski definition) is 2. The number of methoxy groups -OCH3 is 1. The SMILES string of the molecule is CCNS(=O)(=O)c1cccc(C(=O)NCCCOCCOC)c1. The van der Waals surface area contributed by atoms with Gasteiger partial charge in [-0.3, -0.25) is 4.79 Å². The minimum absolute atomic E-state index is 0.0786. The zero-order valence-corrected chi connectivity index (χ0v) is 14.3. The van der Waals surface area contributed by atoms with Gasteiger partial charge in [0.2, 0.25) is 10.0 Å². The minimum atomic E-state index is -3.57. The number of benzene rings is 1. The van der Waals surface area contributed by atoms with Crippen molar-refractivity contribution < 1.29 is 22.7 Å². The summed E-state index contributed by atoms with van der Waals surface area (Å²) in [5, 5.41) is 2.74. The smallest absolute Gasteiger partial charge is 0.251 e. The van der Waals surface area contributed by atoms with Crippen LogP contribution in [0.2, 0.25) is 0 Å². The molecular weight excluding hydrogens is 320 g/mol. The fraction of sp³-hybridized carbons (Fsp3) is 0.533. The van der Waals surface area contributed by atoms with Crippen LogP contribution in [0.1, 0.15) is 23.7 Å². The first kappa shape index (κ1) is 19.6. The van der Waals surface area contributed by atoms with E-state index in [0.717, 1.165) is 0 Å². The standard InChI is InChI=1S/C15H24N2O5S/c1-3-17-23(19,20)14-7-4-6-13(12-14)15(18)16-8-5-9-22-11-10-21-2/h4,6-7,12,17H,3,5,8-11H2,1-2H3,(H,16,18). The Labute approximate surface area is 137 Å². The number of amides is 1. The molecule has 0 aliphatic carbocycles. The monoisotopic (exact) mass is 344 g/mol. The highest BCUT2D eigenvalue weighted by Crippen LogP contribution is 2.11. The van der Waals surface area contributed by atoms with Crippen molar-refractivity contribution >= 4 is 15.9 Å². The summed E-state index contributed by atoms with van der Waals surface area (Å²) >= 11 is 0. The molecule has 1 amide bonds. The second kappa shape index (κ2) is 10.3. The molecule has 0 saturated heterocycles. The Balaban J connectivity index is 2.48. The molecule has 0 unspecified atom stereocenters. The van der Waals surface area contributed by atoms with Gasteiger partial charge in [0.05, 0.1) is 18.1 Å². The molecule has 0 fully saturated rings. The maximum Gasteiger partial charge on any atom is 0.251 e. The van der Waals surface area contributed by atoms with Crippen LogP contribution in [-0.2, 0) is 19.5 Å². The number of ether oxygens (including phenoxy) is 2. The molecule has 0 spiro atoms. The summed E-state index contributed by atoms with van der Waals surface area (Å²) in [4.78, 5) is 12.1. The van der Waals surface area contributed by atoms with Gasteiger partial charge in [0, 0.05) is 32.4 Å². The molecule has 0 radical (unpaired) electrons. The van der Waals surface area contributed by atoms with Gasteiger partial charge in [-0.25, -0.2) is 13.1 Å². The lowest BCUT2D eigenvalue weighted by atomic mass is 10.2. The minimum Gasteiger partial charge on any atom is -0.382 e. The third-order valence-corrected chi connectivity index (χ3v) is 4.47. The molecule has 0 aliphatic rings. The zero-order chi connectivity index (χ0) is 17.1. The van der Waals surface area contributed by atoms with Gasteiger partial charge < -0.3 is 14.8 Å². The van der Waals surface area contributed by atoms with E-state index in [1.807, 2.05) is 0 Å². The van der Waals surface area contributed by atoms with Crippen molar-refractivity contribution in [2.24, 2.45) is 0 Å². The van der Waals surface area contributed by atoms with Gasteiger partial charge >= 0.3 is 0 Å². The lowest BCUT2D eigenvalue weighted by Gasteiger charge is -2.08. The average molecular weight is 344 g/mol. The Hall–Kier alpha value is -1.48. The van der Waals surface area contributed by atoms with E-state index in [9.17, 15) is 13.2 Å². The lowest BCUT2D eigenvalue weighted by Crippen LogP contribution is -2.26. The molecule has 0 aliphatic heterocycles. The fourth-order valence-electron chi connectivity index (χ4n) is 1.80. The zero-order valence-electron chi connectivity index (χ0n) is 13.5. The average Bonchev–Trinajstić information content (AvgIpc) is 2.54. The third-order valence-electron chi connectivity index (χ3n) is 2.92. The van der Waals surface area contributed by atoms with E-state index in [0.29, 0.717) is 44.9 Å². The number of nitrogens with one attached hydrogen (secondary N) is 2. The maximum absolute atomic E-state index is 12.0. The second-order valence-corrected chi connectivity index (χ2v) is 6.51. The van der Waals surface area contributed by atoms with Crippen molar-refractivity contribution in [3.05, 3.63) is 29.8 Å². The molecule has 0 bridgehead atoms. The molecule has 130 valence electrons. The third kappa shape index (κ3) is 7.08. The van der Waals surface area contributed by atoms with Gasteiger partial charge in [0.15, 0.2) is 0 Å². The summed E-state index contributed by atoms with van der Waals surface area (Å²) in [7, 11) is -1.96. The highest BCUT2D eigenvalue weighted by molar-refractivity contribution is 7.89. The van der Waals surface area contributed by atoms with Crippen LogP contribution in [-0.4, -0.2) is 54.3 Å². The molecule has 7 nitrogen and oxygen atoms in total. The van der Waals surface area contributed by atoms with Crippen molar-refractivity contribution in [2.75, 3.05) is 40.0 Å². The molecule has 1 aromatic rings. The summed E-state index contributed by atoms with van der Waals surface area (Å²) in [6, 6.07) is 5.95. The second-order valence-electron chi connectivity index (χ2n) is 4.74. The first-order valence-electron chi connectivity index (χ1n) is 7.46. The van der Waals surface area contributed by atoms with Gasteiger partial charge in [0.25, 0.3) is 5.91 Å². The van der Waals surface area contributed by atoms with Crippen LogP contribution < -0.4 is 10.0 Å². The maximum atomic E-state index is 12.0. The van der Waals surface area contributed by atoms with Crippen LogP contribution in [0.5, 0.6) is 0 Å². The molecule has 1 aromatic carbocycles. The summed E-state index contributed by atoms with van der Waals surface area (Å²) in [6.07, 6.45) is 0.671. The van der Waals surface area contributed by atoms with E-state index in [2.05, 4.69) is 10.0 Å². The summed E-state index contributed by atoms with van der Waals surface area (Å²) < 4.78 is 36.4. The van der Waals surface area contributed by atoms with Crippen LogP contribution in [0.25, 0.3) is 0 Å². The highest BCUT2D eigenvalue weighted by Gasteiger charge is 2.14. The molecule has 1 rings (SSSR count). The van der Waals surface area contributed by atoms with Crippen LogP contribution in [0.3, 0.4) is 0 Å². The summed E-state index contributed by atoms with van der Waals surface area (Å²) in [6.45, 7) is 4.04. The number of carbonyl (C=O) groups is 1. The van der Waals surface area contributed by atoms with Gasteiger partial charge in [-0.15, -0.1) is 0 Å². The number of rotatable bonds is 11. The van der Waals surface area contributed by atoms with Gasteiger partial charge in [-0.1, -0.05) is 13.0 Å². The predicted molar refractivity (Wildman–Crippen MR) is 86.9 cm³/mol. The van der Waals surface area contributed by atoms with Crippen LogP contribution in [0, 0.1) is 0 Å². The first-order chi connectivity index (χ1) is 11.0. The van der Waals surface area contributed by atoms with E-state index in [1.165, 1.54) is 12.1 Å². The molecule has 0 atom stereocenters. The Morgan fingerprint density at radius 3 is 2.70 bits per heavy atom. The van der Waals surface area contributed by atoms with E-state index in [4.69, 9.17) is 9.47 Å². The van der Waals surface area contributed by atoms with Crippen molar-refractivity contribution in [3.63, 3.8) is 0 Å². The predicted octanol–water partition coefficient (Wildman–Crippen LogP) is 0.768. The van der Waals surface area contributed by atoms with E-state index >= 15 is 0 Å². The van der Waals surface area contributed by atoms with Crippen molar-refractivity contribution in [2.45, 2.75) is 18.2 Å². The van der Waals surface area contributed by atoms with Crippen molar-refractivity contribution in [1.29, 1.82) is 0 Å². The fourth-order valence-corrected chi connectivity index (χ4v) is 2.89. The Morgan fingerprint density at radius 2 is 2.00 bits per heavy atom. The number of hydrogen-bond acceptors (Lipinski definition) is 5. The Kier molecular flexibility index (Phi) is 8.78. The van der Waals surface area contributed by atoms with Gasteiger partial charge in [0.1, 0.15) is 0 Å². The van der Waals surface area contributed by atoms with Crippen molar-refractivity contribution in [3.8, 4) is 0 Å². The molecule has 0 saturated carbocycles. The molecule has 23 heavy (non-hydrogen) atoms. The van der Waals surface area contributed by atoms with Gasteiger partial charge in [-0.2, -0.15) is 0 Å². The van der Waals surface area contributed by atoms with Crippen LogP contribution in [0.15, 0.2) is 29.2 Å². The Bertz CT molecular complexity index is 589. The highest BCUT2D eigenvalue weighted by atomic mass is 32.2. The largest absolute Gasteiger partial charge is 0.382 e. The molecule has 2 N–H and O–H groups in total. The molecule has 0 aromatic heterocycles. The summed E-state index contributed by atoms with van der Waals surface area (Å²) in [5.74, 6) is -0.310. The van der Waals surface area contributed by atoms with Crippen molar-refractivity contribution in [1.82, 2.24) is 10.0 Å². The molecule has 8 heteroatoms. The van der Waals surface area contributed by atoms with Gasteiger partial charge in [-0.05, 0) is 24.6 Å². The van der Waals surface area contributed by atoms with Crippen LogP contribution in [0.4, 0.5) is 0 Å². The Morgan fingerprint density at radius 1 is 1.22 bits per heavy atom. The lowest BCUT2D eigenvalue weighted by molar-refractivity contribution is 0.0688. The molecular formula is C15H24N2O5S. The van der Waals surface area contributed by atoms with E-state index in [1.54, 1.807) is 26.2 Å². The molecule has 0 heterocycles. The normalized spacial score (nSPS) is 11.4.